The Kier molecular flexibility index (Phi) is 3.73. The predicted octanol–water partition coefficient (Wildman–Crippen LogP) is 2.91. The van der Waals surface area contributed by atoms with E-state index in [4.69, 9.17) is 0 Å². The van der Waals surface area contributed by atoms with E-state index in [1.165, 1.54) is 5.56 Å². The third kappa shape index (κ3) is 3.13. The second-order valence-electron chi connectivity index (χ2n) is 5.28. The van der Waals surface area contributed by atoms with Gasteiger partial charge in [-0.1, -0.05) is 38.1 Å². The summed E-state index contributed by atoms with van der Waals surface area (Å²) in [4.78, 5) is 5.59. The first kappa shape index (κ1) is 13.4. The monoisotopic (exact) mass is 279 g/mol. The fourth-order valence-corrected chi connectivity index (χ4v) is 2.09. The average Bonchev–Trinajstić information content (AvgIpc) is 2.97. The van der Waals surface area contributed by atoms with Gasteiger partial charge in [0.15, 0.2) is 0 Å². The molecule has 2 heterocycles. The highest BCUT2D eigenvalue weighted by Gasteiger charge is 2.07. The van der Waals surface area contributed by atoms with Gasteiger partial charge in [-0.25, -0.2) is 0 Å². The number of aromatic nitrogens is 5. The Balaban J connectivity index is 1.78. The smallest absolute Gasteiger partial charge is 0.204 e. The van der Waals surface area contributed by atoms with Crippen molar-refractivity contribution in [2.75, 3.05) is 0 Å². The molecule has 0 unspecified atom stereocenters. The van der Waals surface area contributed by atoms with Crippen molar-refractivity contribution in [3.05, 3.63) is 59.9 Å². The first-order valence-corrected chi connectivity index (χ1v) is 6.99. The maximum Gasteiger partial charge on any atom is 0.204 e. The summed E-state index contributed by atoms with van der Waals surface area (Å²) in [6, 6.07) is 12.2. The van der Waals surface area contributed by atoms with Gasteiger partial charge in [-0.2, -0.15) is 4.80 Å². The van der Waals surface area contributed by atoms with Gasteiger partial charge in [-0.15, -0.1) is 10.2 Å². The van der Waals surface area contributed by atoms with E-state index in [1.807, 2.05) is 24.3 Å². The molecule has 0 N–H and O–H groups in total. The SMILES string of the molecule is CC(C)c1ccc(-c2nnn(Cc3ccncc3)n2)cc1. The minimum atomic E-state index is 0.523. The molecule has 2 aromatic heterocycles. The molecule has 0 fully saturated rings. The molecule has 0 aliphatic rings. The molecule has 0 aliphatic carbocycles. The van der Waals surface area contributed by atoms with E-state index < -0.39 is 0 Å². The van der Waals surface area contributed by atoms with Gasteiger partial charge in [-0.3, -0.25) is 4.98 Å². The summed E-state index contributed by atoms with van der Waals surface area (Å²) in [5.41, 5.74) is 3.40. The summed E-state index contributed by atoms with van der Waals surface area (Å²) in [6.07, 6.45) is 3.52. The standard InChI is InChI=1S/C16H17N5/c1-12(2)14-3-5-15(6-4-14)16-18-20-21(19-16)11-13-7-9-17-10-8-13/h3-10,12H,11H2,1-2H3. The third-order valence-electron chi connectivity index (χ3n) is 3.36. The maximum atomic E-state index is 4.42. The number of nitrogens with zero attached hydrogens (tertiary/aromatic N) is 5. The van der Waals surface area contributed by atoms with Crippen molar-refractivity contribution < 1.29 is 0 Å². The van der Waals surface area contributed by atoms with Crippen LogP contribution in [0.4, 0.5) is 0 Å². The largest absolute Gasteiger partial charge is 0.265 e. The van der Waals surface area contributed by atoms with Crippen LogP contribution in [0.15, 0.2) is 48.8 Å². The number of hydrogen-bond donors (Lipinski definition) is 0. The lowest BCUT2D eigenvalue weighted by Gasteiger charge is -2.04. The summed E-state index contributed by atoms with van der Waals surface area (Å²) in [7, 11) is 0. The second-order valence-corrected chi connectivity index (χ2v) is 5.28. The lowest BCUT2D eigenvalue weighted by atomic mass is 10.0. The van der Waals surface area contributed by atoms with Gasteiger partial charge < -0.3 is 0 Å². The molecular formula is C16H17N5. The molecule has 0 atom stereocenters. The molecule has 5 nitrogen and oxygen atoms in total. The van der Waals surface area contributed by atoms with E-state index in [0.29, 0.717) is 18.3 Å². The molecule has 3 rings (SSSR count). The Hall–Kier alpha value is -2.56. The van der Waals surface area contributed by atoms with Crippen molar-refractivity contribution in [3.63, 3.8) is 0 Å². The van der Waals surface area contributed by atoms with Crippen LogP contribution in [-0.4, -0.2) is 25.2 Å². The highest BCUT2D eigenvalue weighted by Crippen LogP contribution is 2.19. The Morgan fingerprint density at radius 1 is 1.00 bits per heavy atom. The van der Waals surface area contributed by atoms with Gasteiger partial charge in [0.05, 0.1) is 6.54 Å². The van der Waals surface area contributed by atoms with E-state index >= 15 is 0 Å². The van der Waals surface area contributed by atoms with Crippen LogP contribution in [0.2, 0.25) is 0 Å². The van der Waals surface area contributed by atoms with Crippen molar-refractivity contribution in [2.24, 2.45) is 0 Å². The summed E-state index contributed by atoms with van der Waals surface area (Å²) in [5.74, 6) is 1.17. The van der Waals surface area contributed by atoms with Crippen molar-refractivity contribution in [1.29, 1.82) is 0 Å². The molecule has 0 aliphatic heterocycles. The Bertz CT molecular complexity index is 701. The van der Waals surface area contributed by atoms with Gasteiger partial charge in [0.2, 0.25) is 5.82 Å². The molecule has 0 saturated carbocycles. The maximum absolute atomic E-state index is 4.42. The van der Waals surface area contributed by atoms with Gasteiger partial charge in [0.1, 0.15) is 0 Å². The number of hydrogen-bond acceptors (Lipinski definition) is 4. The number of rotatable bonds is 4. The molecule has 0 radical (unpaired) electrons. The van der Waals surface area contributed by atoms with Crippen LogP contribution in [0.1, 0.15) is 30.9 Å². The molecule has 0 spiro atoms. The Morgan fingerprint density at radius 2 is 1.71 bits per heavy atom. The third-order valence-corrected chi connectivity index (χ3v) is 3.36. The van der Waals surface area contributed by atoms with Crippen LogP contribution in [0.5, 0.6) is 0 Å². The van der Waals surface area contributed by atoms with Crippen molar-refractivity contribution >= 4 is 0 Å². The highest BCUT2D eigenvalue weighted by molar-refractivity contribution is 5.54. The summed E-state index contributed by atoms with van der Waals surface area (Å²) in [6.45, 7) is 4.95. The molecular weight excluding hydrogens is 262 g/mol. The van der Waals surface area contributed by atoms with E-state index in [0.717, 1.165) is 11.1 Å². The highest BCUT2D eigenvalue weighted by atomic mass is 15.6. The minimum absolute atomic E-state index is 0.523. The molecule has 106 valence electrons. The fraction of sp³-hybridized carbons (Fsp3) is 0.250. The normalized spacial score (nSPS) is 11.0. The van der Waals surface area contributed by atoms with E-state index in [9.17, 15) is 0 Å². The molecule has 5 heteroatoms. The van der Waals surface area contributed by atoms with E-state index in [1.54, 1.807) is 17.2 Å². The number of benzene rings is 1. The first-order valence-electron chi connectivity index (χ1n) is 6.99. The molecule has 0 saturated heterocycles. The first-order chi connectivity index (χ1) is 10.2. The lowest BCUT2D eigenvalue weighted by molar-refractivity contribution is 0.572. The van der Waals surface area contributed by atoms with E-state index in [-0.39, 0.29) is 0 Å². The van der Waals surface area contributed by atoms with Gasteiger partial charge in [-0.05, 0) is 34.4 Å². The van der Waals surface area contributed by atoms with E-state index in [2.05, 4.69) is 46.4 Å². The lowest BCUT2D eigenvalue weighted by Crippen LogP contribution is -2.03. The zero-order valence-corrected chi connectivity index (χ0v) is 12.1. The molecule has 0 bridgehead atoms. The van der Waals surface area contributed by atoms with Gasteiger partial charge in [0.25, 0.3) is 0 Å². The van der Waals surface area contributed by atoms with Crippen molar-refractivity contribution in [2.45, 2.75) is 26.3 Å². The predicted molar refractivity (Wildman–Crippen MR) is 80.7 cm³/mol. The number of pyridine rings is 1. The molecule has 0 amide bonds. The average molecular weight is 279 g/mol. The van der Waals surface area contributed by atoms with Crippen LogP contribution < -0.4 is 0 Å². The Labute approximate surface area is 123 Å². The molecule has 21 heavy (non-hydrogen) atoms. The number of tetrazole rings is 1. The summed E-state index contributed by atoms with van der Waals surface area (Å²) >= 11 is 0. The molecule has 3 aromatic rings. The quantitative estimate of drug-likeness (QED) is 0.737. The topological polar surface area (TPSA) is 56.5 Å². The summed E-state index contributed by atoms with van der Waals surface area (Å²) in [5, 5.41) is 12.6. The minimum Gasteiger partial charge on any atom is -0.265 e. The molecule has 1 aromatic carbocycles. The second kappa shape index (κ2) is 5.83. The Morgan fingerprint density at radius 3 is 2.38 bits per heavy atom. The van der Waals surface area contributed by atoms with Gasteiger partial charge >= 0.3 is 0 Å². The zero-order valence-electron chi connectivity index (χ0n) is 12.1. The van der Waals surface area contributed by atoms with Crippen molar-refractivity contribution in [3.8, 4) is 11.4 Å². The van der Waals surface area contributed by atoms with Crippen molar-refractivity contribution in [1.82, 2.24) is 25.2 Å². The zero-order chi connectivity index (χ0) is 14.7. The van der Waals surface area contributed by atoms with Crippen LogP contribution in [-0.2, 0) is 6.54 Å². The fourth-order valence-electron chi connectivity index (χ4n) is 2.09. The van der Waals surface area contributed by atoms with Crippen LogP contribution >= 0.6 is 0 Å². The van der Waals surface area contributed by atoms with Gasteiger partial charge in [0, 0.05) is 18.0 Å². The van der Waals surface area contributed by atoms with Crippen LogP contribution in [0.25, 0.3) is 11.4 Å². The summed E-state index contributed by atoms with van der Waals surface area (Å²) < 4.78 is 0. The van der Waals surface area contributed by atoms with Crippen LogP contribution in [0.3, 0.4) is 0 Å². The van der Waals surface area contributed by atoms with Crippen LogP contribution in [0, 0.1) is 0 Å².